The molecule has 2 aromatic carbocycles. The zero-order valence-electron chi connectivity index (χ0n) is 12.9. The van der Waals surface area contributed by atoms with Crippen molar-refractivity contribution in [3.63, 3.8) is 0 Å². The Balaban J connectivity index is 1.49. The predicted molar refractivity (Wildman–Crippen MR) is 98.3 cm³/mol. The quantitative estimate of drug-likeness (QED) is 0.547. The van der Waals surface area contributed by atoms with E-state index >= 15 is 0 Å². The van der Waals surface area contributed by atoms with Crippen molar-refractivity contribution in [2.45, 2.75) is 6.42 Å². The van der Waals surface area contributed by atoms with Crippen LogP contribution in [0.15, 0.2) is 76.5 Å². The van der Waals surface area contributed by atoms with Gasteiger partial charge in [-0.1, -0.05) is 24.3 Å². The number of rotatable bonds is 4. The molecule has 0 fully saturated rings. The van der Waals surface area contributed by atoms with E-state index in [1.165, 1.54) is 0 Å². The minimum atomic E-state index is -0.00561. The maximum Gasteiger partial charge on any atom is 0.229 e. The molecule has 4 rings (SSSR count). The summed E-state index contributed by atoms with van der Waals surface area (Å²) in [6.45, 7) is 0. The van der Waals surface area contributed by atoms with Gasteiger partial charge in [0.15, 0.2) is 0 Å². The zero-order valence-corrected chi connectivity index (χ0v) is 13.7. The van der Waals surface area contributed by atoms with Gasteiger partial charge in [-0.25, -0.2) is 0 Å². The highest BCUT2D eigenvalue weighted by Crippen LogP contribution is 2.28. The smallest absolute Gasteiger partial charge is 0.229 e. The number of nitrogens with one attached hydrogen (secondary N) is 1. The summed E-state index contributed by atoms with van der Waals surface area (Å²) in [6.07, 6.45) is 0.406. The van der Waals surface area contributed by atoms with Gasteiger partial charge in [-0.05, 0) is 47.8 Å². The number of hydrogen-bond acceptors (Lipinski definition) is 3. The SMILES string of the molecule is O=C(Cc1cccs1)Nc1ccc(-c2cc3ccccc3o2)cc1. The highest BCUT2D eigenvalue weighted by molar-refractivity contribution is 7.10. The molecular weight excluding hydrogens is 318 g/mol. The first-order valence-corrected chi connectivity index (χ1v) is 8.57. The van der Waals surface area contributed by atoms with Crippen LogP contribution in [0.3, 0.4) is 0 Å². The van der Waals surface area contributed by atoms with E-state index in [9.17, 15) is 4.79 Å². The van der Waals surface area contributed by atoms with Crippen LogP contribution in [-0.4, -0.2) is 5.91 Å². The van der Waals surface area contributed by atoms with Crippen molar-refractivity contribution in [2.24, 2.45) is 0 Å². The normalized spacial score (nSPS) is 10.8. The molecule has 0 aliphatic carbocycles. The Labute approximate surface area is 143 Å². The molecule has 2 heterocycles. The fourth-order valence-electron chi connectivity index (χ4n) is 2.62. The van der Waals surface area contributed by atoms with Gasteiger partial charge in [-0.2, -0.15) is 0 Å². The Hall–Kier alpha value is -2.85. The summed E-state index contributed by atoms with van der Waals surface area (Å²) in [6, 6.07) is 21.6. The highest BCUT2D eigenvalue weighted by Gasteiger charge is 2.08. The van der Waals surface area contributed by atoms with Crippen molar-refractivity contribution in [3.05, 3.63) is 77.0 Å². The number of carbonyl (C=O) groups excluding carboxylic acids is 1. The Morgan fingerprint density at radius 3 is 2.58 bits per heavy atom. The third-order valence-electron chi connectivity index (χ3n) is 3.79. The maximum absolute atomic E-state index is 12.0. The molecule has 4 heteroatoms. The molecule has 0 saturated heterocycles. The third kappa shape index (κ3) is 3.09. The number of anilines is 1. The molecule has 0 aliphatic heterocycles. The maximum atomic E-state index is 12.0. The number of furan rings is 1. The van der Waals surface area contributed by atoms with E-state index in [1.54, 1.807) is 11.3 Å². The van der Waals surface area contributed by atoms with Crippen LogP contribution in [0.25, 0.3) is 22.3 Å². The molecule has 0 unspecified atom stereocenters. The molecule has 1 amide bonds. The van der Waals surface area contributed by atoms with Gasteiger partial charge in [0, 0.05) is 21.5 Å². The summed E-state index contributed by atoms with van der Waals surface area (Å²) >= 11 is 1.59. The fraction of sp³-hybridized carbons (Fsp3) is 0.0500. The van der Waals surface area contributed by atoms with Crippen LogP contribution in [-0.2, 0) is 11.2 Å². The Bertz CT molecular complexity index is 935. The topological polar surface area (TPSA) is 42.2 Å². The van der Waals surface area contributed by atoms with Gasteiger partial charge >= 0.3 is 0 Å². The van der Waals surface area contributed by atoms with Crippen LogP contribution in [0.2, 0.25) is 0 Å². The van der Waals surface area contributed by atoms with Crippen LogP contribution in [0.4, 0.5) is 5.69 Å². The van der Waals surface area contributed by atoms with E-state index in [4.69, 9.17) is 4.42 Å². The average molecular weight is 333 g/mol. The van der Waals surface area contributed by atoms with Gasteiger partial charge in [-0.3, -0.25) is 4.79 Å². The van der Waals surface area contributed by atoms with E-state index in [0.717, 1.165) is 32.9 Å². The van der Waals surface area contributed by atoms with Gasteiger partial charge in [-0.15, -0.1) is 11.3 Å². The molecule has 0 saturated carbocycles. The summed E-state index contributed by atoms with van der Waals surface area (Å²) in [7, 11) is 0. The summed E-state index contributed by atoms with van der Waals surface area (Å²) in [5, 5.41) is 5.98. The molecule has 2 aromatic heterocycles. The zero-order chi connectivity index (χ0) is 16.4. The molecular formula is C20H15NO2S. The van der Waals surface area contributed by atoms with Gasteiger partial charge in [0.1, 0.15) is 11.3 Å². The Morgan fingerprint density at radius 1 is 1.00 bits per heavy atom. The molecule has 0 atom stereocenters. The number of thiophene rings is 1. The fourth-order valence-corrected chi connectivity index (χ4v) is 3.32. The van der Waals surface area contributed by atoms with Crippen molar-refractivity contribution in [1.29, 1.82) is 0 Å². The second-order valence-corrected chi connectivity index (χ2v) is 6.56. The molecule has 0 bridgehead atoms. The van der Waals surface area contributed by atoms with E-state index in [0.29, 0.717) is 6.42 Å². The first-order valence-electron chi connectivity index (χ1n) is 7.69. The number of fused-ring (bicyclic) bond motifs is 1. The van der Waals surface area contributed by atoms with E-state index in [-0.39, 0.29) is 5.91 Å². The lowest BCUT2D eigenvalue weighted by molar-refractivity contribution is -0.115. The molecule has 118 valence electrons. The van der Waals surface area contributed by atoms with Gasteiger partial charge in [0.2, 0.25) is 5.91 Å². The third-order valence-corrected chi connectivity index (χ3v) is 4.67. The standard InChI is InChI=1S/C20H15NO2S/c22-20(13-17-5-3-11-24-17)21-16-9-7-14(8-10-16)19-12-15-4-1-2-6-18(15)23-19/h1-12H,13H2,(H,21,22). The lowest BCUT2D eigenvalue weighted by Crippen LogP contribution is -2.13. The number of para-hydroxylation sites is 1. The van der Waals surface area contributed by atoms with Crippen LogP contribution in [0.1, 0.15) is 4.88 Å². The second kappa shape index (κ2) is 6.34. The summed E-state index contributed by atoms with van der Waals surface area (Å²) in [5.74, 6) is 0.821. The van der Waals surface area contributed by atoms with Gasteiger partial charge in [0.05, 0.1) is 6.42 Å². The highest BCUT2D eigenvalue weighted by atomic mass is 32.1. The first-order chi connectivity index (χ1) is 11.8. The average Bonchev–Trinajstić information content (AvgIpc) is 3.24. The van der Waals surface area contributed by atoms with Crippen molar-refractivity contribution in [1.82, 2.24) is 0 Å². The largest absolute Gasteiger partial charge is 0.456 e. The molecule has 1 N–H and O–H groups in total. The van der Waals surface area contributed by atoms with Crippen molar-refractivity contribution < 1.29 is 9.21 Å². The van der Waals surface area contributed by atoms with Crippen molar-refractivity contribution >= 4 is 33.9 Å². The Kier molecular flexibility index (Phi) is 3.89. The number of amides is 1. The molecule has 0 aliphatic rings. The number of hydrogen-bond donors (Lipinski definition) is 1. The summed E-state index contributed by atoms with van der Waals surface area (Å²) in [5.41, 5.74) is 2.65. The van der Waals surface area contributed by atoms with Crippen LogP contribution in [0, 0.1) is 0 Å². The van der Waals surface area contributed by atoms with E-state index < -0.39 is 0 Å². The lowest BCUT2D eigenvalue weighted by Gasteiger charge is -2.05. The lowest BCUT2D eigenvalue weighted by atomic mass is 10.1. The first kappa shape index (κ1) is 14.7. The monoisotopic (exact) mass is 333 g/mol. The Morgan fingerprint density at radius 2 is 1.83 bits per heavy atom. The van der Waals surface area contributed by atoms with E-state index in [2.05, 4.69) is 5.32 Å². The molecule has 0 spiro atoms. The van der Waals surface area contributed by atoms with Gasteiger partial charge in [0.25, 0.3) is 0 Å². The minimum absolute atomic E-state index is 0.00561. The van der Waals surface area contributed by atoms with Crippen molar-refractivity contribution in [2.75, 3.05) is 5.32 Å². The van der Waals surface area contributed by atoms with E-state index in [1.807, 2.05) is 72.1 Å². The number of carbonyl (C=O) groups is 1. The summed E-state index contributed by atoms with van der Waals surface area (Å²) < 4.78 is 5.86. The minimum Gasteiger partial charge on any atom is -0.456 e. The predicted octanol–water partition coefficient (Wildman–Crippen LogP) is 5.34. The van der Waals surface area contributed by atoms with Crippen LogP contribution < -0.4 is 5.32 Å². The second-order valence-electron chi connectivity index (χ2n) is 5.53. The number of benzene rings is 2. The van der Waals surface area contributed by atoms with Crippen LogP contribution >= 0.6 is 11.3 Å². The van der Waals surface area contributed by atoms with Gasteiger partial charge < -0.3 is 9.73 Å². The van der Waals surface area contributed by atoms with Crippen LogP contribution in [0.5, 0.6) is 0 Å². The summed E-state index contributed by atoms with van der Waals surface area (Å²) in [4.78, 5) is 13.1. The molecule has 0 radical (unpaired) electrons. The molecule has 3 nitrogen and oxygen atoms in total. The molecule has 4 aromatic rings. The van der Waals surface area contributed by atoms with Crippen molar-refractivity contribution in [3.8, 4) is 11.3 Å². The molecule has 24 heavy (non-hydrogen) atoms.